The summed E-state index contributed by atoms with van der Waals surface area (Å²) in [6.45, 7) is 4.31. The molecule has 0 saturated carbocycles. The minimum atomic E-state index is 0.435. The van der Waals surface area contributed by atoms with Gasteiger partial charge in [0.1, 0.15) is 11.2 Å². The molecule has 0 radical (unpaired) electrons. The number of para-hydroxylation sites is 1. The third-order valence-electron chi connectivity index (χ3n) is 8.69. The van der Waals surface area contributed by atoms with E-state index in [2.05, 4.69) is 121 Å². The second kappa shape index (κ2) is 11.9. The summed E-state index contributed by atoms with van der Waals surface area (Å²) < 4.78 is 6.57. The van der Waals surface area contributed by atoms with Crippen molar-refractivity contribution >= 4 is 61.9 Å². The molecule has 220 valence electrons. The number of rotatable bonds is 5. The van der Waals surface area contributed by atoms with Crippen LogP contribution in [0.4, 0.5) is 0 Å². The molecule has 6 aromatic carbocycles. The topological polar surface area (TPSA) is 50.2 Å². The van der Waals surface area contributed by atoms with Crippen LogP contribution >= 0.6 is 0 Å². The van der Waals surface area contributed by atoms with E-state index in [-0.39, 0.29) is 0 Å². The number of amidine groups is 2. The number of hydrogen-bond acceptors (Lipinski definition) is 2. The van der Waals surface area contributed by atoms with Crippen molar-refractivity contribution in [2.45, 2.75) is 19.4 Å². The Balaban J connectivity index is 1.25. The Morgan fingerprint density at radius 1 is 0.696 bits per heavy atom. The highest BCUT2D eigenvalue weighted by molar-refractivity contribution is 6.15. The molecule has 0 spiro atoms. The molecule has 0 N–H and O–H groups in total. The number of hydrogen-bond donors (Lipinski definition) is 0. The average molecular weight is 594 g/mol. The lowest BCUT2D eigenvalue weighted by atomic mass is 9.96. The maximum absolute atomic E-state index is 6.57. The highest BCUT2D eigenvalue weighted by atomic mass is 16.3. The van der Waals surface area contributed by atoms with Crippen molar-refractivity contribution in [3.8, 4) is 11.1 Å². The highest BCUT2D eigenvalue weighted by Gasteiger charge is 2.17. The van der Waals surface area contributed by atoms with Gasteiger partial charge in [0.15, 0.2) is 11.7 Å². The molecule has 1 aromatic heterocycles. The van der Waals surface area contributed by atoms with Gasteiger partial charge in [-0.05, 0) is 70.4 Å². The van der Waals surface area contributed by atoms with E-state index in [0.717, 1.165) is 68.0 Å². The Morgan fingerprint density at radius 2 is 1.43 bits per heavy atom. The summed E-state index contributed by atoms with van der Waals surface area (Å²) in [5, 5.41) is 6.88. The molecule has 7 aromatic rings. The molecule has 0 unspecified atom stereocenters. The number of benzene rings is 6. The van der Waals surface area contributed by atoms with E-state index < -0.39 is 0 Å². The molecule has 1 heterocycles. The summed E-state index contributed by atoms with van der Waals surface area (Å²) in [5.41, 5.74) is 6.90. The molecule has 0 aliphatic heterocycles. The standard InChI is InChI=1S/C42H31N3O/c1-43-41(34-22-20-29-12-6-8-16-32(29)26-34)45-42(30-13-3-2-4-14-30)44-27-35-23-24-36(33-21-19-28-11-5-7-15-31(28)25-33)40-39(35)37-17-9-10-18-38(37)46-40/h3,5-26H,1-2,4,27H2. The fourth-order valence-electron chi connectivity index (χ4n) is 6.36. The van der Waals surface area contributed by atoms with Crippen molar-refractivity contribution in [3.05, 3.63) is 156 Å². The summed E-state index contributed by atoms with van der Waals surface area (Å²) in [4.78, 5) is 14.5. The van der Waals surface area contributed by atoms with E-state index in [0.29, 0.717) is 18.2 Å². The van der Waals surface area contributed by atoms with Gasteiger partial charge in [-0.2, -0.15) is 0 Å². The molecule has 8 rings (SSSR count). The fourth-order valence-corrected chi connectivity index (χ4v) is 6.36. The second-order valence-electron chi connectivity index (χ2n) is 11.6. The van der Waals surface area contributed by atoms with Crippen LogP contribution in [0.25, 0.3) is 54.6 Å². The van der Waals surface area contributed by atoms with Crippen molar-refractivity contribution in [2.75, 3.05) is 0 Å². The van der Waals surface area contributed by atoms with Gasteiger partial charge in [0.2, 0.25) is 0 Å². The van der Waals surface area contributed by atoms with Gasteiger partial charge in [-0.1, -0.05) is 121 Å². The molecule has 0 fully saturated rings. The first kappa shape index (κ1) is 27.7. The Labute approximate surface area is 267 Å². The van der Waals surface area contributed by atoms with E-state index in [1.54, 1.807) is 0 Å². The summed E-state index contributed by atoms with van der Waals surface area (Å²) in [6.07, 6.45) is 8.45. The number of nitrogens with zero attached hydrogens (tertiary/aromatic N) is 3. The fraction of sp³-hybridized carbons (Fsp3) is 0.0714. The van der Waals surface area contributed by atoms with Crippen LogP contribution in [0.2, 0.25) is 0 Å². The smallest absolute Gasteiger partial charge is 0.161 e. The normalized spacial score (nSPS) is 14.0. The van der Waals surface area contributed by atoms with Crippen molar-refractivity contribution < 1.29 is 4.42 Å². The molecular weight excluding hydrogens is 562 g/mol. The van der Waals surface area contributed by atoms with E-state index in [1.807, 2.05) is 30.3 Å². The van der Waals surface area contributed by atoms with E-state index in [4.69, 9.17) is 14.4 Å². The van der Waals surface area contributed by atoms with Gasteiger partial charge in [0.25, 0.3) is 0 Å². The molecule has 1 aliphatic rings. The Morgan fingerprint density at radius 3 is 2.22 bits per heavy atom. The van der Waals surface area contributed by atoms with Crippen LogP contribution in [-0.2, 0) is 6.54 Å². The largest absolute Gasteiger partial charge is 0.455 e. The van der Waals surface area contributed by atoms with Crippen molar-refractivity contribution in [3.63, 3.8) is 0 Å². The first-order chi connectivity index (χ1) is 22.7. The van der Waals surface area contributed by atoms with Gasteiger partial charge in [-0.25, -0.2) is 9.98 Å². The van der Waals surface area contributed by atoms with Crippen LogP contribution < -0.4 is 0 Å². The maximum atomic E-state index is 6.57. The van der Waals surface area contributed by atoms with E-state index in [9.17, 15) is 0 Å². The number of furan rings is 1. The van der Waals surface area contributed by atoms with Crippen molar-refractivity contribution in [2.24, 2.45) is 15.0 Å². The van der Waals surface area contributed by atoms with Crippen molar-refractivity contribution in [1.29, 1.82) is 0 Å². The first-order valence-corrected chi connectivity index (χ1v) is 15.6. The van der Waals surface area contributed by atoms with Gasteiger partial charge in [-0.15, -0.1) is 0 Å². The molecule has 0 bridgehead atoms. The molecule has 46 heavy (non-hydrogen) atoms. The maximum Gasteiger partial charge on any atom is 0.161 e. The van der Waals surface area contributed by atoms with Crippen molar-refractivity contribution in [1.82, 2.24) is 0 Å². The van der Waals surface area contributed by atoms with Crippen LogP contribution in [0, 0.1) is 0 Å². The first-order valence-electron chi connectivity index (χ1n) is 15.6. The zero-order valence-corrected chi connectivity index (χ0v) is 25.4. The number of fused-ring (bicyclic) bond motifs is 5. The van der Waals surface area contributed by atoms with Crippen LogP contribution in [0.3, 0.4) is 0 Å². The van der Waals surface area contributed by atoms with Gasteiger partial charge in [0.05, 0.1) is 6.54 Å². The average Bonchev–Trinajstić information content (AvgIpc) is 3.52. The lowest BCUT2D eigenvalue weighted by Gasteiger charge is -2.11. The van der Waals surface area contributed by atoms with Gasteiger partial charge in [0, 0.05) is 27.5 Å². The summed E-state index contributed by atoms with van der Waals surface area (Å²) in [7, 11) is 0. The lowest BCUT2D eigenvalue weighted by Crippen LogP contribution is -2.07. The third-order valence-corrected chi connectivity index (χ3v) is 8.69. The second-order valence-corrected chi connectivity index (χ2v) is 11.6. The Kier molecular flexibility index (Phi) is 7.16. The molecule has 1 aliphatic carbocycles. The van der Waals surface area contributed by atoms with E-state index in [1.165, 1.54) is 16.2 Å². The molecule has 4 heteroatoms. The SMILES string of the molecule is C=NC(=NC(=NCc1ccc(-c2ccc3ccccc3c2)c2oc3ccccc3c12)C1=CCCC=C1)c1ccc2ccccc2c1. The monoisotopic (exact) mass is 593 g/mol. The van der Waals surface area contributed by atoms with Gasteiger partial charge < -0.3 is 4.42 Å². The lowest BCUT2D eigenvalue weighted by molar-refractivity contribution is 0.669. The van der Waals surface area contributed by atoms with E-state index >= 15 is 0 Å². The Bertz CT molecular complexity index is 2420. The molecule has 0 saturated heterocycles. The van der Waals surface area contributed by atoms with Crippen LogP contribution in [0.5, 0.6) is 0 Å². The zero-order chi connectivity index (χ0) is 30.9. The number of allylic oxidation sites excluding steroid dienone is 2. The molecule has 4 nitrogen and oxygen atoms in total. The predicted molar refractivity (Wildman–Crippen MR) is 194 cm³/mol. The summed E-state index contributed by atoms with van der Waals surface area (Å²) >= 11 is 0. The number of aliphatic imine (C=N–C) groups is 3. The quantitative estimate of drug-likeness (QED) is 0.145. The third kappa shape index (κ3) is 5.14. The molecule has 0 atom stereocenters. The minimum Gasteiger partial charge on any atom is -0.455 e. The van der Waals surface area contributed by atoms with Crippen LogP contribution in [-0.4, -0.2) is 18.4 Å². The summed E-state index contributed by atoms with van der Waals surface area (Å²) in [6, 6.07) is 42.2. The zero-order valence-electron chi connectivity index (χ0n) is 25.4. The minimum absolute atomic E-state index is 0.435. The highest BCUT2D eigenvalue weighted by Crippen LogP contribution is 2.39. The van der Waals surface area contributed by atoms with Crippen LogP contribution in [0.1, 0.15) is 24.0 Å². The molecular formula is C42H31N3O. The Hall–Kier alpha value is -5.87. The van der Waals surface area contributed by atoms with Gasteiger partial charge >= 0.3 is 0 Å². The van der Waals surface area contributed by atoms with Gasteiger partial charge in [-0.3, -0.25) is 4.99 Å². The van der Waals surface area contributed by atoms with Crippen LogP contribution in [0.15, 0.2) is 165 Å². The molecule has 0 amide bonds. The summed E-state index contributed by atoms with van der Waals surface area (Å²) in [5.74, 6) is 1.20. The predicted octanol–water partition coefficient (Wildman–Crippen LogP) is 10.9.